The van der Waals surface area contributed by atoms with Crippen LogP contribution in [-0.4, -0.2) is 71.7 Å². The fourth-order valence-electron chi connectivity index (χ4n) is 5.09. The zero-order valence-electron chi connectivity index (χ0n) is 35.9. The van der Waals surface area contributed by atoms with Gasteiger partial charge in [0, 0.05) is 19.4 Å². The number of allylic oxidation sites excluding steroid dienone is 14. The summed E-state index contributed by atoms with van der Waals surface area (Å²) in [5.74, 6) is -1.09. The van der Waals surface area contributed by atoms with Gasteiger partial charge in [-0.15, -0.1) is 0 Å². The van der Waals surface area contributed by atoms with Gasteiger partial charge in [0.1, 0.15) is 6.61 Å². The van der Waals surface area contributed by atoms with Gasteiger partial charge in [-0.1, -0.05) is 155 Å². The van der Waals surface area contributed by atoms with Crippen LogP contribution in [0.5, 0.6) is 0 Å². The lowest BCUT2D eigenvalue weighted by Crippen LogP contribution is -2.29. The maximum atomic E-state index is 12.6. The Morgan fingerprint density at radius 3 is 1.90 bits per heavy atom. The number of nitrogens with two attached hydrogens (primary N) is 1. The second kappa shape index (κ2) is 41.3. The predicted octanol–water partition coefficient (Wildman–Crippen LogP) is 10.3. The van der Waals surface area contributed by atoms with Crippen molar-refractivity contribution < 1.29 is 47.8 Å². The molecule has 5 N–H and O–H groups in total. The van der Waals surface area contributed by atoms with Crippen LogP contribution in [0.4, 0.5) is 0 Å². The highest BCUT2D eigenvalue weighted by molar-refractivity contribution is 7.47. The van der Waals surface area contributed by atoms with Crippen molar-refractivity contribution in [1.29, 1.82) is 0 Å². The van der Waals surface area contributed by atoms with Gasteiger partial charge < -0.3 is 30.3 Å². The number of ether oxygens (including phenoxy) is 2. The third kappa shape index (κ3) is 41.1. The van der Waals surface area contributed by atoms with E-state index in [4.69, 9.17) is 24.3 Å². The van der Waals surface area contributed by atoms with Crippen LogP contribution in [0, 0.1) is 0 Å². The highest BCUT2D eigenvalue weighted by atomic mass is 31.2. The molecule has 0 amide bonds. The minimum Gasteiger partial charge on any atom is -0.462 e. The van der Waals surface area contributed by atoms with Gasteiger partial charge in [0.05, 0.1) is 25.4 Å². The van der Waals surface area contributed by atoms with E-state index in [1.165, 1.54) is 38.5 Å². The van der Waals surface area contributed by atoms with Crippen LogP contribution >= 0.6 is 7.82 Å². The van der Waals surface area contributed by atoms with Gasteiger partial charge in [-0.05, 0) is 70.6 Å². The van der Waals surface area contributed by atoms with Gasteiger partial charge in [-0.25, -0.2) is 4.57 Å². The Hall–Kier alpha value is -3.41. The first-order valence-corrected chi connectivity index (χ1v) is 23.1. The van der Waals surface area contributed by atoms with Gasteiger partial charge in [0.15, 0.2) is 6.10 Å². The SMILES string of the molecule is CC/C=C\C[C@H](O)/C=C/C=C\C/C=C\C=C\[C@H](O)/C=C\CCCC(=O)O[C@H](COC(=O)CCC/C=C\C/C=C\C/C=C\CCCCCCCC)COP(=O)(O)OCCN. The molecule has 0 aliphatic heterocycles. The number of phosphoric ester groups is 1. The normalized spacial score (nSPS) is 15.4. The first-order valence-electron chi connectivity index (χ1n) is 21.6. The molecular weight excluding hydrogens is 769 g/mol. The zero-order chi connectivity index (χ0) is 43.5. The summed E-state index contributed by atoms with van der Waals surface area (Å²) in [6.07, 6.45) is 47.8. The van der Waals surface area contributed by atoms with Crippen molar-refractivity contribution in [3.8, 4) is 0 Å². The Morgan fingerprint density at radius 2 is 1.22 bits per heavy atom. The molecule has 0 heterocycles. The van der Waals surface area contributed by atoms with Crippen LogP contribution in [0.25, 0.3) is 0 Å². The largest absolute Gasteiger partial charge is 0.472 e. The van der Waals surface area contributed by atoms with Gasteiger partial charge >= 0.3 is 19.8 Å². The van der Waals surface area contributed by atoms with Gasteiger partial charge in [0.2, 0.25) is 0 Å². The molecule has 0 radical (unpaired) electrons. The van der Waals surface area contributed by atoms with Crippen LogP contribution in [0.3, 0.4) is 0 Å². The van der Waals surface area contributed by atoms with Gasteiger partial charge in [-0.3, -0.25) is 18.6 Å². The predicted molar refractivity (Wildman–Crippen MR) is 240 cm³/mol. The third-order valence-electron chi connectivity index (χ3n) is 8.32. The number of phosphoric acid groups is 1. The average Bonchev–Trinajstić information content (AvgIpc) is 3.21. The zero-order valence-corrected chi connectivity index (χ0v) is 36.8. The molecule has 0 rings (SSSR count). The van der Waals surface area contributed by atoms with E-state index in [-0.39, 0.29) is 32.6 Å². The Bertz CT molecular complexity index is 1360. The Labute approximate surface area is 355 Å². The lowest BCUT2D eigenvalue weighted by Gasteiger charge is -2.19. The minimum atomic E-state index is -4.45. The van der Waals surface area contributed by atoms with Gasteiger partial charge in [-0.2, -0.15) is 0 Å². The highest BCUT2D eigenvalue weighted by Gasteiger charge is 2.25. The molecule has 0 aromatic carbocycles. The van der Waals surface area contributed by atoms with Crippen molar-refractivity contribution in [2.45, 2.75) is 148 Å². The molecule has 0 bridgehead atoms. The lowest BCUT2D eigenvalue weighted by atomic mass is 10.1. The highest BCUT2D eigenvalue weighted by Crippen LogP contribution is 2.43. The molecule has 0 aromatic rings. The monoisotopic (exact) mass is 846 g/mol. The first kappa shape index (κ1) is 55.6. The number of esters is 2. The third-order valence-corrected chi connectivity index (χ3v) is 9.30. The van der Waals surface area contributed by atoms with Crippen LogP contribution in [0.1, 0.15) is 129 Å². The summed E-state index contributed by atoms with van der Waals surface area (Å²) in [6.45, 7) is 3.22. The molecule has 334 valence electrons. The van der Waals surface area contributed by atoms with Crippen LogP contribution in [0.15, 0.2) is 109 Å². The van der Waals surface area contributed by atoms with Crippen LogP contribution in [-0.2, 0) is 32.7 Å². The molecule has 0 spiro atoms. The van der Waals surface area contributed by atoms with E-state index in [9.17, 15) is 29.3 Å². The van der Waals surface area contributed by atoms with Crippen LogP contribution in [0.2, 0.25) is 0 Å². The Balaban J connectivity index is 4.53. The van der Waals surface area contributed by atoms with E-state index in [1.807, 2.05) is 48.6 Å². The lowest BCUT2D eigenvalue weighted by molar-refractivity contribution is -0.161. The van der Waals surface area contributed by atoms with Crippen molar-refractivity contribution in [3.63, 3.8) is 0 Å². The van der Waals surface area contributed by atoms with Crippen LogP contribution < -0.4 is 5.73 Å². The summed E-state index contributed by atoms with van der Waals surface area (Å²) >= 11 is 0. The second-order valence-electron chi connectivity index (χ2n) is 13.9. The molecular formula is C47H76NO10P. The molecule has 12 heteroatoms. The molecule has 0 saturated heterocycles. The number of rotatable bonds is 38. The number of unbranched alkanes of at least 4 members (excludes halogenated alkanes) is 8. The summed E-state index contributed by atoms with van der Waals surface area (Å²) in [4.78, 5) is 34.8. The standard InChI is InChI=1S/C47H76NO10P/c1-3-5-7-8-9-10-11-12-13-14-15-16-17-18-22-25-31-37-46(51)55-41-45(42-57-59(53,54)56-40-39-48)58-47(52)38-32-26-30-36-44(50)35-29-24-21-19-20-23-28-34-43(49)33-27-6-4-2/h6,12-13,15-16,18,20-24,27-30,34-36,43-45,49-50H,3-5,7-11,14,17,19,25-26,31-33,37-42,48H2,1-2H3,(H,53,54)/b13-12-,16-15-,22-18-,23-20-,24-21-,27-6-,34-28+,35-29+,36-30-/t43-,44-,45+/m0/s1. The minimum absolute atomic E-state index is 0.00723. The van der Waals surface area contributed by atoms with E-state index >= 15 is 0 Å². The molecule has 1 unspecified atom stereocenters. The fourth-order valence-corrected chi connectivity index (χ4v) is 5.86. The summed E-state index contributed by atoms with van der Waals surface area (Å²) < 4.78 is 32.5. The fraction of sp³-hybridized carbons (Fsp3) is 0.574. The van der Waals surface area contributed by atoms with E-state index < -0.39 is 44.7 Å². The van der Waals surface area contributed by atoms with Crippen molar-refractivity contribution in [2.75, 3.05) is 26.4 Å². The van der Waals surface area contributed by atoms with Crippen molar-refractivity contribution in [1.82, 2.24) is 0 Å². The number of aliphatic hydroxyl groups is 2. The maximum Gasteiger partial charge on any atom is 0.472 e. The van der Waals surface area contributed by atoms with Crippen molar-refractivity contribution in [2.24, 2.45) is 5.73 Å². The molecule has 4 atom stereocenters. The molecule has 0 saturated carbocycles. The van der Waals surface area contributed by atoms with E-state index in [0.717, 1.165) is 25.7 Å². The van der Waals surface area contributed by atoms with Crippen molar-refractivity contribution >= 4 is 19.8 Å². The van der Waals surface area contributed by atoms with E-state index in [1.54, 1.807) is 30.4 Å². The molecule has 11 nitrogen and oxygen atoms in total. The summed E-state index contributed by atoms with van der Waals surface area (Å²) in [5.41, 5.74) is 5.33. The van der Waals surface area contributed by atoms with Gasteiger partial charge in [0.25, 0.3) is 0 Å². The maximum absolute atomic E-state index is 12.6. The first-order chi connectivity index (χ1) is 28.6. The average molecular weight is 846 g/mol. The molecule has 0 aromatic heterocycles. The quantitative estimate of drug-likeness (QED) is 0.0153. The Morgan fingerprint density at radius 1 is 0.627 bits per heavy atom. The number of carbonyl (C=O) groups excluding carboxylic acids is 2. The van der Waals surface area contributed by atoms with Crippen molar-refractivity contribution in [3.05, 3.63) is 109 Å². The summed E-state index contributed by atoms with van der Waals surface area (Å²) in [5, 5.41) is 20.0. The molecule has 0 aliphatic carbocycles. The summed E-state index contributed by atoms with van der Waals surface area (Å²) in [7, 11) is -4.45. The number of aliphatic hydroxyl groups excluding tert-OH is 2. The number of hydrogen-bond acceptors (Lipinski definition) is 10. The van der Waals surface area contributed by atoms with E-state index in [2.05, 4.69) is 44.2 Å². The summed E-state index contributed by atoms with van der Waals surface area (Å²) in [6, 6.07) is 0. The molecule has 59 heavy (non-hydrogen) atoms. The molecule has 0 aliphatic rings. The number of carbonyl (C=O) groups is 2. The number of hydrogen-bond donors (Lipinski definition) is 4. The second-order valence-corrected chi connectivity index (χ2v) is 15.3. The smallest absolute Gasteiger partial charge is 0.462 e. The van der Waals surface area contributed by atoms with E-state index in [0.29, 0.717) is 38.5 Å². The molecule has 0 fully saturated rings. The topological polar surface area (TPSA) is 175 Å². The Kier molecular flexibility index (Phi) is 38.9.